The van der Waals surface area contributed by atoms with Crippen molar-refractivity contribution < 1.29 is 9.90 Å². The summed E-state index contributed by atoms with van der Waals surface area (Å²) in [5.41, 5.74) is -0.588. The lowest BCUT2D eigenvalue weighted by Crippen LogP contribution is -2.33. The van der Waals surface area contributed by atoms with Crippen molar-refractivity contribution >= 4 is 5.97 Å². The minimum absolute atomic E-state index is 0.549. The zero-order valence-electron chi connectivity index (χ0n) is 11.4. The smallest absolute Gasteiger partial charge is 0.309 e. The van der Waals surface area contributed by atoms with Crippen LogP contribution < -0.4 is 0 Å². The van der Waals surface area contributed by atoms with E-state index in [0.717, 1.165) is 32.4 Å². The van der Waals surface area contributed by atoms with E-state index in [1.54, 1.807) is 13.8 Å². The van der Waals surface area contributed by atoms with Gasteiger partial charge in [-0.3, -0.25) is 4.79 Å². The molecule has 0 rings (SSSR count). The van der Waals surface area contributed by atoms with Gasteiger partial charge in [-0.05, 0) is 60.0 Å². The first kappa shape index (κ1) is 15.4. The Labute approximate surface area is 99.8 Å². The molecule has 0 saturated heterocycles. The van der Waals surface area contributed by atoms with Gasteiger partial charge in [-0.1, -0.05) is 6.92 Å². The maximum absolute atomic E-state index is 10.9. The molecule has 0 aliphatic rings. The molecule has 0 atom stereocenters. The van der Waals surface area contributed by atoms with Gasteiger partial charge in [0.25, 0.3) is 0 Å². The first-order valence-corrected chi connectivity index (χ1v) is 6.28. The summed E-state index contributed by atoms with van der Waals surface area (Å²) in [6.45, 7) is 12.3. The van der Waals surface area contributed by atoms with E-state index in [4.69, 9.17) is 5.11 Å². The summed E-state index contributed by atoms with van der Waals surface area (Å²) >= 11 is 0. The van der Waals surface area contributed by atoms with Crippen LogP contribution in [-0.4, -0.2) is 35.1 Å². The van der Waals surface area contributed by atoms with Gasteiger partial charge in [0.1, 0.15) is 0 Å². The second-order valence-corrected chi connectivity index (χ2v) is 5.42. The van der Waals surface area contributed by atoms with Crippen LogP contribution in [0.4, 0.5) is 0 Å². The molecule has 96 valence electrons. The minimum atomic E-state index is -0.695. The maximum Gasteiger partial charge on any atom is 0.309 e. The van der Waals surface area contributed by atoms with E-state index in [0.29, 0.717) is 6.04 Å². The van der Waals surface area contributed by atoms with Crippen molar-refractivity contribution in [3.63, 3.8) is 0 Å². The van der Waals surface area contributed by atoms with Crippen LogP contribution in [-0.2, 0) is 4.79 Å². The molecule has 0 heterocycles. The van der Waals surface area contributed by atoms with Crippen LogP contribution >= 0.6 is 0 Å². The molecule has 0 bridgehead atoms. The first-order chi connectivity index (χ1) is 7.31. The van der Waals surface area contributed by atoms with E-state index in [1.807, 2.05) is 0 Å². The number of carboxylic acids is 1. The predicted octanol–water partition coefficient (Wildman–Crippen LogP) is 3.00. The number of carbonyl (C=O) groups is 1. The Hall–Kier alpha value is -0.570. The van der Waals surface area contributed by atoms with E-state index < -0.39 is 11.4 Å². The Kier molecular flexibility index (Phi) is 6.65. The Bertz CT molecular complexity index is 212. The molecule has 3 nitrogen and oxygen atoms in total. The van der Waals surface area contributed by atoms with Crippen LogP contribution in [0, 0.1) is 5.41 Å². The maximum atomic E-state index is 10.9. The Morgan fingerprint density at radius 3 is 2.25 bits per heavy atom. The van der Waals surface area contributed by atoms with Crippen molar-refractivity contribution in [2.75, 3.05) is 13.1 Å². The van der Waals surface area contributed by atoms with Gasteiger partial charge in [0, 0.05) is 6.04 Å². The second kappa shape index (κ2) is 6.89. The lowest BCUT2D eigenvalue weighted by atomic mass is 9.88. The van der Waals surface area contributed by atoms with Crippen LogP contribution in [0.2, 0.25) is 0 Å². The van der Waals surface area contributed by atoms with Gasteiger partial charge in [-0.25, -0.2) is 0 Å². The van der Waals surface area contributed by atoms with Crippen molar-refractivity contribution in [3.05, 3.63) is 0 Å². The molecule has 0 fully saturated rings. The molecule has 1 N–H and O–H groups in total. The predicted molar refractivity (Wildman–Crippen MR) is 67.7 cm³/mol. The van der Waals surface area contributed by atoms with Gasteiger partial charge in [0.2, 0.25) is 0 Å². The Balaban J connectivity index is 3.99. The van der Waals surface area contributed by atoms with Crippen LogP contribution in [0.25, 0.3) is 0 Å². The Morgan fingerprint density at radius 1 is 1.31 bits per heavy atom. The molecule has 3 heteroatoms. The van der Waals surface area contributed by atoms with Crippen molar-refractivity contribution in [3.8, 4) is 0 Å². The highest BCUT2D eigenvalue weighted by Gasteiger charge is 2.26. The van der Waals surface area contributed by atoms with Crippen molar-refractivity contribution in [1.82, 2.24) is 4.90 Å². The lowest BCUT2D eigenvalue weighted by Gasteiger charge is -2.27. The molecule has 0 saturated carbocycles. The SMILES string of the molecule is CCCN(CCCC(C)(C)C(=O)O)C(C)C. The van der Waals surface area contributed by atoms with Crippen LogP contribution in [0.1, 0.15) is 53.9 Å². The third-order valence-electron chi connectivity index (χ3n) is 3.07. The van der Waals surface area contributed by atoms with E-state index in [9.17, 15) is 4.79 Å². The molecule has 16 heavy (non-hydrogen) atoms. The number of aliphatic carboxylic acids is 1. The molecule has 0 amide bonds. The molecule has 0 unspecified atom stereocenters. The van der Waals surface area contributed by atoms with Gasteiger partial charge >= 0.3 is 5.97 Å². The van der Waals surface area contributed by atoms with E-state index in [-0.39, 0.29) is 0 Å². The number of hydrogen-bond acceptors (Lipinski definition) is 2. The largest absolute Gasteiger partial charge is 0.481 e. The molecule has 0 aromatic carbocycles. The molecule has 0 spiro atoms. The van der Waals surface area contributed by atoms with Crippen molar-refractivity contribution in [2.24, 2.45) is 5.41 Å². The normalized spacial score (nSPS) is 12.4. The van der Waals surface area contributed by atoms with Crippen LogP contribution in [0.5, 0.6) is 0 Å². The third kappa shape index (κ3) is 5.50. The summed E-state index contributed by atoms with van der Waals surface area (Å²) in [5, 5.41) is 9.01. The molecular weight excluding hydrogens is 202 g/mol. The van der Waals surface area contributed by atoms with Gasteiger partial charge < -0.3 is 10.0 Å². The van der Waals surface area contributed by atoms with E-state index in [1.165, 1.54) is 0 Å². The highest BCUT2D eigenvalue weighted by Crippen LogP contribution is 2.22. The standard InChI is InChI=1S/C13H27NO2/c1-6-9-14(11(2)3)10-7-8-13(4,5)12(15)16/h11H,6-10H2,1-5H3,(H,15,16). The lowest BCUT2D eigenvalue weighted by molar-refractivity contribution is -0.147. The molecule has 0 radical (unpaired) electrons. The second-order valence-electron chi connectivity index (χ2n) is 5.42. The quantitative estimate of drug-likeness (QED) is 0.695. The fourth-order valence-electron chi connectivity index (χ4n) is 1.75. The van der Waals surface area contributed by atoms with Crippen molar-refractivity contribution in [1.29, 1.82) is 0 Å². The Morgan fingerprint density at radius 2 is 1.88 bits per heavy atom. The monoisotopic (exact) mass is 229 g/mol. The minimum Gasteiger partial charge on any atom is -0.481 e. The molecule has 0 aliphatic carbocycles. The molecule has 0 aromatic rings. The zero-order valence-corrected chi connectivity index (χ0v) is 11.4. The van der Waals surface area contributed by atoms with Crippen LogP contribution in [0.15, 0.2) is 0 Å². The summed E-state index contributed by atoms with van der Waals surface area (Å²) in [4.78, 5) is 13.4. The summed E-state index contributed by atoms with van der Waals surface area (Å²) in [7, 11) is 0. The number of hydrogen-bond donors (Lipinski definition) is 1. The number of rotatable bonds is 8. The summed E-state index contributed by atoms with van der Waals surface area (Å²) < 4.78 is 0. The van der Waals surface area contributed by atoms with Gasteiger partial charge in [0.05, 0.1) is 5.41 Å². The molecular formula is C13H27NO2. The zero-order chi connectivity index (χ0) is 12.8. The van der Waals surface area contributed by atoms with E-state index >= 15 is 0 Å². The highest BCUT2D eigenvalue weighted by molar-refractivity contribution is 5.73. The highest BCUT2D eigenvalue weighted by atomic mass is 16.4. The van der Waals surface area contributed by atoms with Gasteiger partial charge in [-0.15, -0.1) is 0 Å². The van der Waals surface area contributed by atoms with E-state index in [2.05, 4.69) is 25.7 Å². The topological polar surface area (TPSA) is 40.5 Å². The summed E-state index contributed by atoms with van der Waals surface area (Å²) in [6.07, 6.45) is 2.85. The fourth-order valence-corrected chi connectivity index (χ4v) is 1.75. The average molecular weight is 229 g/mol. The molecule has 0 aliphatic heterocycles. The average Bonchev–Trinajstić information content (AvgIpc) is 2.15. The summed E-state index contributed by atoms with van der Waals surface area (Å²) in [5.74, 6) is -0.695. The van der Waals surface area contributed by atoms with Crippen molar-refractivity contribution in [2.45, 2.75) is 59.9 Å². The third-order valence-corrected chi connectivity index (χ3v) is 3.07. The molecule has 0 aromatic heterocycles. The summed E-state index contributed by atoms with van der Waals surface area (Å²) in [6, 6.07) is 0.549. The number of nitrogens with zero attached hydrogens (tertiary/aromatic N) is 1. The van der Waals surface area contributed by atoms with Gasteiger partial charge in [0.15, 0.2) is 0 Å². The van der Waals surface area contributed by atoms with Crippen LogP contribution in [0.3, 0.4) is 0 Å². The van der Waals surface area contributed by atoms with Gasteiger partial charge in [-0.2, -0.15) is 0 Å². The fraction of sp³-hybridized carbons (Fsp3) is 0.923. The first-order valence-electron chi connectivity index (χ1n) is 6.28. The number of carboxylic acid groups (broad SMARTS) is 1.